The van der Waals surface area contributed by atoms with Crippen molar-refractivity contribution in [2.75, 3.05) is 12.4 Å². The van der Waals surface area contributed by atoms with Crippen molar-refractivity contribution in [3.63, 3.8) is 0 Å². The molecule has 0 aromatic heterocycles. The molecule has 0 aliphatic carbocycles. The number of nitrogens with one attached hydrogen (secondary N) is 2. The number of carboxylic acid groups (broad SMARTS) is 1. The summed E-state index contributed by atoms with van der Waals surface area (Å²) < 4.78 is 18.7. The molecule has 130 valence electrons. The highest BCUT2D eigenvalue weighted by atomic mass is 35.5. The number of benzene rings is 2. The van der Waals surface area contributed by atoms with Gasteiger partial charge in [0.25, 0.3) is 5.91 Å². The summed E-state index contributed by atoms with van der Waals surface area (Å²) in [7, 11) is 1.34. The third-order valence-electron chi connectivity index (χ3n) is 3.09. The Hall–Kier alpha value is -2.71. The third kappa shape index (κ3) is 4.43. The molecule has 2 aromatic rings. The fraction of sp³-hybridized carbons (Fsp3) is 0.0625. The SMILES string of the molecule is COc1c(Cl)cc(C(=O)O)cc1NC(=S)NC(=O)c1ccccc1F. The van der Waals surface area contributed by atoms with E-state index in [9.17, 15) is 14.0 Å². The number of aromatic carboxylic acids is 1. The van der Waals surface area contributed by atoms with Crippen LogP contribution in [0.4, 0.5) is 10.1 Å². The summed E-state index contributed by atoms with van der Waals surface area (Å²) in [6.45, 7) is 0. The van der Waals surface area contributed by atoms with Crippen LogP contribution in [-0.4, -0.2) is 29.2 Å². The van der Waals surface area contributed by atoms with E-state index in [1.807, 2.05) is 0 Å². The Kier molecular flexibility index (Phi) is 5.89. The number of anilines is 1. The molecule has 3 N–H and O–H groups in total. The van der Waals surface area contributed by atoms with Gasteiger partial charge in [0.15, 0.2) is 10.9 Å². The second-order valence-corrected chi connectivity index (χ2v) is 5.55. The van der Waals surface area contributed by atoms with Crippen LogP contribution in [0.2, 0.25) is 5.02 Å². The number of halogens is 2. The van der Waals surface area contributed by atoms with E-state index in [4.69, 9.17) is 33.7 Å². The zero-order chi connectivity index (χ0) is 18.6. The van der Waals surface area contributed by atoms with Crippen LogP contribution in [0.25, 0.3) is 0 Å². The van der Waals surface area contributed by atoms with Crippen LogP contribution in [0.15, 0.2) is 36.4 Å². The minimum Gasteiger partial charge on any atom is -0.493 e. The van der Waals surface area contributed by atoms with Crippen LogP contribution in [0, 0.1) is 5.82 Å². The molecule has 0 saturated heterocycles. The Morgan fingerprint density at radius 2 is 1.96 bits per heavy atom. The molecule has 1 amide bonds. The first-order chi connectivity index (χ1) is 11.8. The minimum atomic E-state index is -1.20. The van der Waals surface area contributed by atoms with E-state index < -0.39 is 17.7 Å². The lowest BCUT2D eigenvalue weighted by molar-refractivity contribution is 0.0696. The number of ether oxygens (including phenoxy) is 1. The first-order valence-corrected chi connectivity index (χ1v) is 7.59. The van der Waals surface area contributed by atoms with Crippen LogP contribution in [0.3, 0.4) is 0 Å². The highest BCUT2D eigenvalue weighted by Gasteiger charge is 2.17. The molecule has 0 radical (unpaired) electrons. The molecular weight excluding hydrogens is 371 g/mol. The lowest BCUT2D eigenvalue weighted by Crippen LogP contribution is -2.34. The normalized spacial score (nSPS) is 10.0. The van der Waals surface area contributed by atoms with E-state index in [0.717, 1.165) is 6.07 Å². The summed E-state index contributed by atoms with van der Waals surface area (Å²) in [6.07, 6.45) is 0. The molecule has 0 atom stereocenters. The van der Waals surface area contributed by atoms with Crippen LogP contribution < -0.4 is 15.4 Å². The summed E-state index contributed by atoms with van der Waals surface area (Å²) >= 11 is 11.0. The van der Waals surface area contributed by atoms with Gasteiger partial charge in [-0.1, -0.05) is 23.7 Å². The Labute approximate surface area is 152 Å². The molecule has 2 rings (SSSR count). The Morgan fingerprint density at radius 3 is 2.56 bits per heavy atom. The zero-order valence-corrected chi connectivity index (χ0v) is 14.4. The monoisotopic (exact) mass is 382 g/mol. The maximum atomic E-state index is 13.6. The van der Waals surface area contributed by atoms with Gasteiger partial charge in [-0.15, -0.1) is 0 Å². The Bertz CT molecular complexity index is 860. The lowest BCUT2D eigenvalue weighted by atomic mass is 10.2. The van der Waals surface area contributed by atoms with Crippen LogP contribution in [-0.2, 0) is 0 Å². The van der Waals surface area contributed by atoms with Crippen LogP contribution in [0.5, 0.6) is 5.75 Å². The van der Waals surface area contributed by atoms with Gasteiger partial charge in [-0.2, -0.15) is 0 Å². The topological polar surface area (TPSA) is 87.7 Å². The largest absolute Gasteiger partial charge is 0.493 e. The number of amides is 1. The highest BCUT2D eigenvalue weighted by Crippen LogP contribution is 2.34. The first kappa shape index (κ1) is 18.6. The number of hydrogen-bond donors (Lipinski definition) is 3. The molecule has 6 nitrogen and oxygen atoms in total. The Balaban J connectivity index is 2.21. The number of carbonyl (C=O) groups excluding carboxylic acids is 1. The molecule has 9 heteroatoms. The smallest absolute Gasteiger partial charge is 0.335 e. The fourth-order valence-corrected chi connectivity index (χ4v) is 2.49. The second kappa shape index (κ2) is 7.91. The van der Waals surface area contributed by atoms with Crippen molar-refractivity contribution < 1.29 is 23.8 Å². The molecule has 0 saturated carbocycles. The zero-order valence-electron chi connectivity index (χ0n) is 12.8. The maximum absolute atomic E-state index is 13.6. The van der Waals surface area contributed by atoms with Crippen molar-refractivity contribution >= 4 is 46.5 Å². The average molecular weight is 383 g/mol. The van der Waals surface area contributed by atoms with Crippen molar-refractivity contribution in [2.45, 2.75) is 0 Å². The maximum Gasteiger partial charge on any atom is 0.335 e. The van der Waals surface area contributed by atoms with Gasteiger partial charge in [-0.25, -0.2) is 9.18 Å². The molecular formula is C16H12ClFN2O4S. The quantitative estimate of drug-likeness (QED) is 0.703. The number of carboxylic acids is 1. The van der Waals surface area contributed by atoms with Crippen LogP contribution >= 0.6 is 23.8 Å². The molecule has 0 spiro atoms. The Morgan fingerprint density at radius 1 is 1.28 bits per heavy atom. The minimum absolute atomic E-state index is 0.0492. The van der Waals surface area contributed by atoms with Crippen molar-refractivity contribution in [1.82, 2.24) is 5.32 Å². The molecule has 25 heavy (non-hydrogen) atoms. The van der Waals surface area contributed by atoms with E-state index in [1.54, 1.807) is 0 Å². The first-order valence-electron chi connectivity index (χ1n) is 6.81. The average Bonchev–Trinajstić information content (AvgIpc) is 2.54. The standard InChI is InChI=1S/C16H12ClFN2O4S/c1-24-13-10(17)6-8(15(22)23)7-12(13)19-16(25)20-14(21)9-4-2-3-5-11(9)18/h2-7H,1H3,(H,22,23)(H2,19,20,21,25). The predicted octanol–water partition coefficient (Wildman–Crippen LogP) is 3.31. The van der Waals surface area contributed by atoms with Gasteiger partial charge >= 0.3 is 5.97 Å². The summed E-state index contributed by atoms with van der Waals surface area (Å²) in [5.41, 5.74) is -0.140. The molecule has 2 aromatic carbocycles. The molecule has 0 unspecified atom stereocenters. The van der Waals surface area contributed by atoms with Crippen molar-refractivity contribution in [2.24, 2.45) is 0 Å². The van der Waals surface area contributed by atoms with E-state index in [0.29, 0.717) is 0 Å². The summed E-state index contributed by atoms with van der Waals surface area (Å²) in [4.78, 5) is 23.2. The molecule has 0 fully saturated rings. The summed E-state index contributed by atoms with van der Waals surface area (Å²) in [5, 5.41) is 13.9. The number of methoxy groups -OCH3 is 1. The van der Waals surface area contributed by atoms with Gasteiger partial charge in [-0.05, 0) is 36.5 Å². The summed E-state index contributed by atoms with van der Waals surface area (Å²) in [5.74, 6) is -2.51. The van der Waals surface area contributed by atoms with Crippen molar-refractivity contribution in [1.29, 1.82) is 0 Å². The van der Waals surface area contributed by atoms with Gasteiger partial charge in [-0.3, -0.25) is 10.1 Å². The fourth-order valence-electron chi connectivity index (χ4n) is 1.99. The molecule has 0 aliphatic rings. The van der Waals surface area contributed by atoms with E-state index in [1.165, 1.54) is 37.4 Å². The third-order valence-corrected chi connectivity index (χ3v) is 3.57. The predicted molar refractivity (Wildman–Crippen MR) is 95.1 cm³/mol. The number of rotatable bonds is 4. The number of carbonyl (C=O) groups is 2. The highest BCUT2D eigenvalue weighted by molar-refractivity contribution is 7.80. The van der Waals surface area contributed by atoms with Crippen LogP contribution in [0.1, 0.15) is 20.7 Å². The van der Waals surface area contributed by atoms with E-state index in [-0.39, 0.29) is 32.7 Å². The molecule has 0 heterocycles. The van der Waals surface area contributed by atoms with Gasteiger partial charge in [0.2, 0.25) is 0 Å². The summed E-state index contributed by atoms with van der Waals surface area (Å²) in [6, 6.07) is 7.87. The molecule has 0 bridgehead atoms. The number of hydrogen-bond acceptors (Lipinski definition) is 4. The van der Waals surface area contributed by atoms with Gasteiger partial charge in [0.05, 0.1) is 28.9 Å². The van der Waals surface area contributed by atoms with E-state index in [2.05, 4.69) is 10.6 Å². The second-order valence-electron chi connectivity index (χ2n) is 4.73. The van der Waals surface area contributed by atoms with E-state index >= 15 is 0 Å². The lowest BCUT2D eigenvalue weighted by Gasteiger charge is -2.15. The molecule has 0 aliphatic heterocycles. The number of thiocarbonyl (C=S) groups is 1. The van der Waals surface area contributed by atoms with Gasteiger partial charge in [0, 0.05) is 0 Å². The van der Waals surface area contributed by atoms with Crippen molar-refractivity contribution in [3.05, 3.63) is 58.4 Å². The van der Waals surface area contributed by atoms with Crippen molar-refractivity contribution in [3.8, 4) is 5.75 Å². The van der Waals surface area contributed by atoms with Gasteiger partial charge < -0.3 is 15.2 Å². The van der Waals surface area contributed by atoms with Gasteiger partial charge in [0.1, 0.15) is 5.82 Å².